The van der Waals surface area contributed by atoms with Crippen LogP contribution < -0.4 is 0 Å². The maximum Gasteiger partial charge on any atom is 0.133 e. The van der Waals surface area contributed by atoms with E-state index in [0.717, 1.165) is 32.1 Å². The summed E-state index contributed by atoms with van der Waals surface area (Å²) in [7, 11) is 0. The van der Waals surface area contributed by atoms with Gasteiger partial charge in [-0.1, -0.05) is 18.2 Å². The highest BCUT2D eigenvalue weighted by Gasteiger charge is 2.10. The van der Waals surface area contributed by atoms with Crippen molar-refractivity contribution in [2.24, 2.45) is 5.92 Å². The van der Waals surface area contributed by atoms with Crippen LogP contribution in [0.5, 0.6) is 0 Å². The molecule has 0 spiro atoms. The fraction of sp³-hybridized carbons (Fsp3) is 0.583. The molecule has 72 valence electrons. The van der Waals surface area contributed by atoms with Crippen molar-refractivity contribution < 1.29 is 4.79 Å². The van der Waals surface area contributed by atoms with Crippen LogP contribution in [0.2, 0.25) is 0 Å². The lowest BCUT2D eigenvalue weighted by atomic mass is 9.97. The standard InChI is InChI=1S/C12H18O/c1-2-7-11-8-5-3-4-6-9-12(13)10-11/h2,5,8,11H,1,3-4,6-7,9-10H2/b8-5-. The third kappa shape index (κ3) is 4.07. The Bertz CT molecular complexity index is 203. The maximum absolute atomic E-state index is 11.4. The van der Waals surface area contributed by atoms with Crippen molar-refractivity contribution in [3.8, 4) is 0 Å². The average Bonchev–Trinajstić information content (AvgIpc) is 2.18. The van der Waals surface area contributed by atoms with Gasteiger partial charge in [0, 0.05) is 12.8 Å². The first-order chi connectivity index (χ1) is 6.33. The van der Waals surface area contributed by atoms with Crippen LogP contribution in [0.1, 0.15) is 38.5 Å². The van der Waals surface area contributed by atoms with Gasteiger partial charge in [-0.2, -0.15) is 0 Å². The minimum Gasteiger partial charge on any atom is -0.300 e. The summed E-state index contributed by atoms with van der Waals surface area (Å²) >= 11 is 0. The van der Waals surface area contributed by atoms with E-state index in [4.69, 9.17) is 0 Å². The van der Waals surface area contributed by atoms with Gasteiger partial charge in [0.05, 0.1) is 0 Å². The molecule has 0 fully saturated rings. The normalized spacial score (nSPS) is 27.1. The quantitative estimate of drug-likeness (QED) is 0.593. The largest absolute Gasteiger partial charge is 0.300 e. The minimum atomic E-state index is 0.406. The first-order valence-corrected chi connectivity index (χ1v) is 5.12. The highest BCUT2D eigenvalue weighted by Crippen LogP contribution is 2.17. The summed E-state index contributed by atoms with van der Waals surface area (Å²) in [5.41, 5.74) is 0. The molecular formula is C12H18O. The molecule has 0 N–H and O–H groups in total. The van der Waals surface area contributed by atoms with E-state index in [2.05, 4.69) is 18.7 Å². The van der Waals surface area contributed by atoms with Crippen molar-refractivity contribution in [1.82, 2.24) is 0 Å². The van der Waals surface area contributed by atoms with Crippen molar-refractivity contribution in [2.45, 2.75) is 38.5 Å². The molecule has 0 aromatic heterocycles. The molecule has 1 atom stereocenters. The van der Waals surface area contributed by atoms with Gasteiger partial charge in [-0.25, -0.2) is 0 Å². The predicted molar refractivity (Wildman–Crippen MR) is 55.5 cm³/mol. The molecule has 0 amide bonds. The Morgan fingerprint density at radius 1 is 1.54 bits per heavy atom. The molecule has 1 aliphatic rings. The predicted octanol–water partition coefficient (Wildman–Crippen LogP) is 3.27. The molecule has 1 aliphatic carbocycles. The van der Waals surface area contributed by atoms with E-state index in [9.17, 15) is 4.79 Å². The lowest BCUT2D eigenvalue weighted by Crippen LogP contribution is -2.04. The Kier molecular flexibility index (Phi) is 4.52. The number of carbonyl (C=O) groups is 1. The van der Waals surface area contributed by atoms with Crippen LogP contribution in [0.3, 0.4) is 0 Å². The summed E-state index contributed by atoms with van der Waals surface area (Å²) in [6, 6.07) is 0. The summed E-state index contributed by atoms with van der Waals surface area (Å²) in [4.78, 5) is 11.4. The molecule has 1 nitrogen and oxygen atoms in total. The Morgan fingerprint density at radius 2 is 2.38 bits per heavy atom. The molecule has 0 aromatic rings. The topological polar surface area (TPSA) is 17.1 Å². The number of allylic oxidation sites excluding steroid dienone is 3. The molecule has 0 aliphatic heterocycles. The fourth-order valence-electron chi connectivity index (χ4n) is 1.71. The number of hydrogen-bond acceptors (Lipinski definition) is 1. The van der Waals surface area contributed by atoms with Crippen LogP contribution in [0.25, 0.3) is 0 Å². The van der Waals surface area contributed by atoms with Crippen molar-refractivity contribution in [3.63, 3.8) is 0 Å². The van der Waals surface area contributed by atoms with Crippen LogP contribution >= 0.6 is 0 Å². The number of carbonyl (C=O) groups excluding carboxylic acids is 1. The number of ketones is 1. The SMILES string of the molecule is C=CCC1/C=C\CCCCC(=O)C1. The van der Waals surface area contributed by atoms with E-state index >= 15 is 0 Å². The van der Waals surface area contributed by atoms with Crippen LogP contribution in [0.15, 0.2) is 24.8 Å². The molecule has 0 heterocycles. The zero-order valence-electron chi connectivity index (χ0n) is 8.17. The smallest absolute Gasteiger partial charge is 0.133 e. The lowest BCUT2D eigenvalue weighted by Gasteiger charge is -2.07. The second-order valence-electron chi connectivity index (χ2n) is 3.70. The maximum atomic E-state index is 11.4. The Hall–Kier alpha value is -0.850. The van der Waals surface area contributed by atoms with Gasteiger partial charge in [0.15, 0.2) is 0 Å². The fourth-order valence-corrected chi connectivity index (χ4v) is 1.71. The Morgan fingerprint density at radius 3 is 3.15 bits per heavy atom. The molecule has 0 saturated heterocycles. The van der Waals surface area contributed by atoms with E-state index in [0.29, 0.717) is 18.1 Å². The third-order valence-corrected chi connectivity index (χ3v) is 2.44. The zero-order chi connectivity index (χ0) is 9.52. The highest BCUT2D eigenvalue weighted by atomic mass is 16.1. The van der Waals surface area contributed by atoms with Crippen molar-refractivity contribution >= 4 is 5.78 Å². The monoisotopic (exact) mass is 178 g/mol. The molecule has 1 rings (SSSR count). The summed E-state index contributed by atoms with van der Waals surface area (Å²) in [6.07, 6.45) is 12.1. The molecular weight excluding hydrogens is 160 g/mol. The minimum absolute atomic E-state index is 0.406. The van der Waals surface area contributed by atoms with Gasteiger partial charge < -0.3 is 0 Å². The van der Waals surface area contributed by atoms with Gasteiger partial charge >= 0.3 is 0 Å². The summed E-state index contributed by atoms with van der Waals surface area (Å²) in [5.74, 6) is 0.821. The zero-order valence-corrected chi connectivity index (χ0v) is 8.17. The van der Waals surface area contributed by atoms with E-state index in [-0.39, 0.29) is 0 Å². The van der Waals surface area contributed by atoms with E-state index in [1.165, 1.54) is 0 Å². The van der Waals surface area contributed by atoms with Crippen molar-refractivity contribution in [1.29, 1.82) is 0 Å². The Labute approximate surface area is 80.5 Å². The Balaban J connectivity index is 2.51. The summed E-state index contributed by atoms with van der Waals surface area (Å²) in [6.45, 7) is 3.71. The van der Waals surface area contributed by atoms with E-state index in [1.54, 1.807) is 0 Å². The van der Waals surface area contributed by atoms with Crippen LogP contribution in [-0.2, 0) is 4.79 Å². The number of Topliss-reactive ketones (excluding diaryl/α,β-unsaturated/α-hetero) is 1. The summed E-state index contributed by atoms with van der Waals surface area (Å²) in [5, 5.41) is 0. The van der Waals surface area contributed by atoms with Gasteiger partial charge in [-0.05, 0) is 31.6 Å². The number of hydrogen-bond donors (Lipinski definition) is 0. The average molecular weight is 178 g/mol. The molecule has 1 unspecified atom stereocenters. The van der Waals surface area contributed by atoms with Crippen LogP contribution in [0.4, 0.5) is 0 Å². The van der Waals surface area contributed by atoms with Crippen LogP contribution in [-0.4, -0.2) is 5.78 Å². The first kappa shape index (κ1) is 10.2. The van der Waals surface area contributed by atoms with Crippen molar-refractivity contribution in [2.75, 3.05) is 0 Å². The molecule has 0 radical (unpaired) electrons. The number of rotatable bonds is 2. The third-order valence-electron chi connectivity index (χ3n) is 2.44. The second-order valence-corrected chi connectivity index (χ2v) is 3.70. The molecule has 0 saturated carbocycles. The first-order valence-electron chi connectivity index (χ1n) is 5.12. The van der Waals surface area contributed by atoms with Crippen LogP contribution in [0, 0.1) is 5.92 Å². The van der Waals surface area contributed by atoms with E-state index in [1.807, 2.05) is 6.08 Å². The van der Waals surface area contributed by atoms with Gasteiger partial charge in [-0.3, -0.25) is 4.79 Å². The lowest BCUT2D eigenvalue weighted by molar-refractivity contribution is -0.119. The molecule has 1 heteroatoms. The van der Waals surface area contributed by atoms with E-state index < -0.39 is 0 Å². The van der Waals surface area contributed by atoms with Gasteiger partial charge in [0.2, 0.25) is 0 Å². The van der Waals surface area contributed by atoms with Gasteiger partial charge in [-0.15, -0.1) is 6.58 Å². The summed E-state index contributed by atoms with van der Waals surface area (Å²) < 4.78 is 0. The molecule has 0 bridgehead atoms. The molecule has 0 aromatic carbocycles. The molecule has 13 heavy (non-hydrogen) atoms. The van der Waals surface area contributed by atoms with Gasteiger partial charge in [0.1, 0.15) is 5.78 Å². The highest BCUT2D eigenvalue weighted by molar-refractivity contribution is 5.78. The second kappa shape index (κ2) is 5.74. The van der Waals surface area contributed by atoms with Crippen molar-refractivity contribution in [3.05, 3.63) is 24.8 Å². The van der Waals surface area contributed by atoms with Gasteiger partial charge in [0.25, 0.3) is 0 Å².